The predicted octanol–water partition coefficient (Wildman–Crippen LogP) is 6.77. The van der Waals surface area contributed by atoms with Crippen molar-refractivity contribution >= 4 is 5.97 Å². The van der Waals surface area contributed by atoms with Crippen LogP contribution in [0.4, 0.5) is 0 Å². The summed E-state index contributed by atoms with van der Waals surface area (Å²) < 4.78 is 19.3. The first-order valence-electron chi connectivity index (χ1n) is 17.6. The molecule has 42 heavy (non-hydrogen) atoms. The first-order chi connectivity index (χ1) is 19.7. The van der Waals surface area contributed by atoms with E-state index in [0.29, 0.717) is 40.6 Å². The van der Waals surface area contributed by atoms with Crippen LogP contribution >= 0.6 is 0 Å². The largest absolute Gasteiger partial charge is 0.461 e. The number of aliphatic hydroxyl groups is 1. The number of hydrogen-bond acceptors (Lipinski definition) is 6. The highest BCUT2D eigenvalue weighted by molar-refractivity contribution is 5.77. The predicted molar refractivity (Wildman–Crippen MR) is 165 cm³/mol. The maximum Gasteiger partial charge on any atom is 0.323 e. The lowest BCUT2D eigenvalue weighted by Crippen LogP contribution is -2.54. The minimum Gasteiger partial charge on any atom is -0.461 e. The lowest BCUT2D eigenvalue weighted by Gasteiger charge is -2.52. The number of hydrogen-bond donors (Lipinski definition) is 1. The van der Waals surface area contributed by atoms with E-state index in [1.165, 1.54) is 51.4 Å². The smallest absolute Gasteiger partial charge is 0.323 e. The number of ether oxygens (including phenoxy) is 3. The van der Waals surface area contributed by atoms with Crippen molar-refractivity contribution in [1.82, 2.24) is 4.90 Å². The van der Waals surface area contributed by atoms with Gasteiger partial charge < -0.3 is 19.3 Å². The molecule has 6 heteroatoms. The number of esters is 1. The number of carbonyl (C=O) groups excluding carboxylic acids is 1. The third kappa shape index (κ3) is 4.92. The van der Waals surface area contributed by atoms with Crippen molar-refractivity contribution in [2.45, 2.75) is 162 Å². The summed E-state index contributed by atoms with van der Waals surface area (Å²) in [4.78, 5) is 15.2. The molecule has 4 aliphatic carbocycles. The molecule has 0 bridgehead atoms. The van der Waals surface area contributed by atoms with Gasteiger partial charge in [0.2, 0.25) is 0 Å². The minimum atomic E-state index is -0.911. The topological polar surface area (TPSA) is 68.2 Å². The van der Waals surface area contributed by atoms with Gasteiger partial charge in [-0.3, -0.25) is 9.69 Å². The monoisotopic (exact) mass is 587 g/mol. The Bertz CT molecular complexity index is 1020. The average Bonchev–Trinajstić information content (AvgIpc) is 3.39. The van der Waals surface area contributed by atoms with Gasteiger partial charge in [-0.05, 0) is 132 Å². The Morgan fingerprint density at radius 2 is 1.81 bits per heavy atom. The van der Waals surface area contributed by atoms with Crippen LogP contribution in [0.1, 0.15) is 126 Å². The molecule has 0 aromatic heterocycles. The molecule has 2 heterocycles. The van der Waals surface area contributed by atoms with Gasteiger partial charge >= 0.3 is 5.97 Å². The number of fused-ring (bicyclic) bond motifs is 3. The molecule has 1 spiro atoms. The lowest BCUT2D eigenvalue weighted by molar-refractivity contribution is -0.193. The van der Waals surface area contributed by atoms with Gasteiger partial charge in [0.05, 0.1) is 17.8 Å². The Morgan fingerprint density at radius 1 is 1.05 bits per heavy atom. The number of carbonyl (C=O) groups is 1. The normalized spacial score (nSPS) is 47.6. The summed E-state index contributed by atoms with van der Waals surface area (Å²) in [5.41, 5.74) is 0.204. The molecule has 11 unspecified atom stereocenters. The van der Waals surface area contributed by atoms with Crippen LogP contribution in [-0.2, 0) is 19.0 Å². The molecule has 11 atom stereocenters. The fourth-order valence-electron chi connectivity index (χ4n) is 11.5. The fraction of sp³-hybridized carbons (Fsp3) is 0.972. The van der Waals surface area contributed by atoms with Crippen molar-refractivity contribution in [3.8, 4) is 0 Å². The molecule has 6 rings (SSSR count). The Kier molecular flexibility index (Phi) is 7.97. The van der Waals surface area contributed by atoms with Crippen molar-refractivity contribution in [3.05, 3.63) is 0 Å². The van der Waals surface area contributed by atoms with Gasteiger partial charge in [-0.25, -0.2) is 0 Å². The van der Waals surface area contributed by atoms with Crippen LogP contribution in [0.3, 0.4) is 0 Å². The molecule has 6 fully saturated rings. The highest BCUT2D eigenvalue weighted by atomic mass is 16.6. The molecular formula is C36H61NO5. The first-order valence-corrected chi connectivity index (χ1v) is 17.6. The summed E-state index contributed by atoms with van der Waals surface area (Å²) in [6.45, 7) is 17.4. The van der Waals surface area contributed by atoms with Crippen LogP contribution in [0.2, 0.25) is 0 Å². The van der Waals surface area contributed by atoms with E-state index in [2.05, 4.69) is 32.6 Å². The van der Waals surface area contributed by atoms with Crippen molar-refractivity contribution in [2.75, 3.05) is 20.2 Å². The summed E-state index contributed by atoms with van der Waals surface area (Å²) in [6.07, 6.45) is 14.2. The van der Waals surface area contributed by atoms with E-state index >= 15 is 0 Å². The Balaban J connectivity index is 1.18. The third-order valence-electron chi connectivity index (χ3n) is 14.3. The van der Waals surface area contributed by atoms with E-state index in [0.717, 1.165) is 32.2 Å². The van der Waals surface area contributed by atoms with Crippen LogP contribution < -0.4 is 0 Å². The number of likely N-dealkylation sites (tertiary alicyclic amines) is 1. The Labute approximate surface area is 256 Å². The van der Waals surface area contributed by atoms with E-state index in [4.69, 9.17) is 14.2 Å². The van der Waals surface area contributed by atoms with E-state index in [1.807, 2.05) is 27.8 Å². The zero-order chi connectivity index (χ0) is 30.3. The van der Waals surface area contributed by atoms with Gasteiger partial charge in [0.25, 0.3) is 0 Å². The Morgan fingerprint density at radius 3 is 2.45 bits per heavy atom. The summed E-state index contributed by atoms with van der Waals surface area (Å²) in [7, 11) is 2.04. The second kappa shape index (κ2) is 10.7. The van der Waals surface area contributed by atoms with Crippen LogP contribution in [0.15, 0.2) is 0 Å². The highest BCUT2D eigenvalue weighted by Gasteiger charge is 2.72. The molecule has 0 radical (unpaired) electrons. The maximum absolute atomic E-state index is 13.1. The lowest BCUT2D eigenvalue weighted by atomic mass is 9.55. The average molecular weight is 588 g/mol. The molecule has 2 aliphatic heterocycles. The summed E-state index contributed by atoms with van der Waals surface area (Å²) in [5.74, 6) is 1.90. The maximum atomic E-state index is 13.1. The quantitative estimate of drug-likeness (QED) is 0.346. The van der Waals surface area contributed by atoms with E-state index in [9.17, 15) is 9.90 Å². The van der Waals surface area contributed by atoms with E-state index in [-0.39, 0.29) is 41.8 Å². The van der Waals surface area contributed by atoms with Gasteiger partial charge in [0, 0.05) is 18.6 Å². The molecule has 2 saturated heterocycles. The zero-order valence-electron chi connectivity index (χ0n) is 28.0. The summed E-state index contributed by atoms with van der Waals surface area (Å²) >= 11 is 0. The van der Waals surface area contributed by atoms with Crippen LogP contribution in [0, 0.1) is 39.4 Å². The number of rotatable bonds is 6. The first kappa shape index (κ1) is 31.3. The summed E-state index contributed by atoms with van der Waals surface area (Å²) in [5, 5.41) is 10.9. The standard InChI is InChI=1S/C36H61NO5/c1-9-40-30(33(4,5)39)26-14-13-24-27(41-26)21-23-11-10-12-28-32(2,3)29(42-31(38)25-16-20-37(25)8)15-17-36(28)22-34(36,6)18-19-35(23,24)7/h23-30,39H,9-22H2,1-8H3. The second-order valence-corrected chi connectivity index (χ2v) is 17.3. The van der Waals surface area contributed by atoms with Crippen molar-refractivity contribution < 1.29 is 24.1 Å². The van der Waals surface area contributed by atoms with Gasteiger partial charge in [-0.2, -0.15) is 0 Å². The zero-order valence-corrected chi connectivity index (χ0v) is 28.0. The third-order valence-corrected chi connectivity index (χ3v) is 14.3. The number of likely N-dealkylation sites (N-methyl/N-ethyl adjacent to an activating group) is 1. The molecule has 240 valence electrons. The molecule has 6 aliphatic rings. The van der Waals surface area contributed by atoms with Crippen molar-refractivity contribution in [1.29, 1.82) is 0 Å². The van der Waals surface area contributed by atoms with Crippen LogP contribution in [0.25, 0.3) is 0 Å². The SMILES string of the molecule is CCOC(C1CCC2C(CC3CCCC4C(C)(C)C(OC(=O)C5CCN5C)CCC45CC5(C)CCC32C)O1)C(C)(C)O. The van der Waals surface area contributed by atoms with E-state index in [1.54, 1.807) is 0 Å². The minimum absolute atomic E-state index is 0.00186. The van der Waals surface area contributed by atoms with Gasteiger partial charge in [0.1, 0.15) is 18.2 Å². The van der Waals surface area contributed by atoms with Crippen LogP contribution in [-0.4, -0.2) is 72.2 Å². The molecule has 6 nitrogen and oxygen atoms in total. The molecular weight excluding hydrogens is 526 g/mol. The molecule has 0 amide bonds. The van der Waals surface area contributed by atoms with Gasteiger partial charge in [-0.15, -0.1) is 0 Å². The van der Waals surface area contributed by atoms with Gasteiger partial charge in [0.15, 0.2) is 0 Å². The van der Waals surface area contributed by atoms with E-state index < -0.39 is 5.60 Å². The second-order valence-electron chi connectivity index (χ2n) is 17.3. The van der Waals surface area contributed by atoms with Crippen molar-refractivity contribution in [3.63, 3.8) is 0 Å². The van der Waals surface area contributed by atoms with Gasteiger partial charge in [-0.1, -0.05) is 34.1 Å². The number of nitrogens with zero attached hydrogens (tertiary/aromatic N) is 1. The molecule has 0 aromatic rings. The highest BCUT2D eigenvalue weighted by Crippen LogP contribution is 2.79. The fourth-order valence-corrected chi connectivity index (χ4v) is 11.5. The summed E-state index contributed by atoms with van der Waals surface area (Å²) in [6, 6.07) is -0.0374. The van der Waals surface area contributed by atoms with Crippen LogP contribution in [0.5, 0.6) is 0 Å². The Hall–Kier alpha value is -0.690. The molecule has 1 N–H and O–H groups in total. The molecule has 0 aromatic carbocycles. The molecule has 4 saturated carbocycles. The van der Waals surface area contributed by atoms with Crippen molar-refractivity contribution in [2.24, 2.45) is 39.4 Å².